The number of nitrogens with zero attached hydrogens (tertiary/aromatic N) is 3. The summed E-state index contributed by atoms with van der Waals surface area (Å²) < 4.78 is 14.7. The van der Waals surface area contributed by atoms with Crippen LogP contribution in [0.1, 0.15) is 18.4 Å². The average molecular weight is 516 g/mol. The van der Waals surface area contributed by atoms with E-state index in [0.29, 0.717) is 22.4 Å². The molecule has 188 valence electrons. The van der Waals surface area contributed by atoms with Gasteiger partial charge in [-0.1, -0.05) is 53.6 Å². The molecule has 3 aromatic carbocycles. The number of halogens is 2. The Kier molecular flexibility index (Phi) is 7.17. The van der Waals surface area contributed by atoms with Crippen molar-refractivity contribution in [1.82, 2.24) is 14.9 Å². The molecule has 2 N–H and O–H groups in total. The highest BCUT2D eigenvalue weighted by atomic mass is 35.5. The summed E-state index contributed by atoms with van der Waals surface area (Å²) in [5, 5.41) is 6.80. The largest absolute Gasteiger partial charge is 0.337 e. The van der Waals surface area contributed by atoms with Crippen LogP contribution in [-0.4, -0.2) is 40.4 Å². The van der Waals surface area contributed by atoms with Gasteiger partial charge in [0.15, 0.2) is 5.82 Å². The van der Waals surface area contributed by atoms with E-state index >= 15 is 0 Å². The number of benzene rings is 3. The zero-order chi connectivity index (χ0) is 25.9. The summed E-state index contributed by atoms with van der Waals surface area (Å²) in [4.78, 5) is 24.1. The van der Waals surface area contributed by atoms with Crippen LogP contribution in [0.25, 0.3) is 22.0 Å². The Hall–Kier alpha value is -3.81. The minimum Gasteiger partial charge on any atom is -0.337 e. The molecule has 1 fully saturated rings. The maximum atomic E-state index is 14.7. The van der Waals surface area contributed by atoms with E-state index in [4.69, 9.17) is 11.6 Å². The van der Waals surface area contributed by atoms with Gasteiger partial charge in [0.1, 0.15) is 12.1 Å². The first-order chi connectivity index (χ1) is 17.9. The topological polar surface area (TPSA) is 70.2 Å². The molecule has 1 aliphatic rings. The number of carbonyl (C=O) groups is 1. The van der Waals surface area contributed by atoms with Crippen LogP contribution in [0.15, 0.2) is 73.1 Å². The van der Waals surface area contributed by atoms with Crippen LogP contribution in [0.4, 0.5) is 21.6 Å². The second-order valence-corrected chi connectivity index (χ2v) is 9.65. The number of aryl methyl sites for hydroxylation is 1. The number of aromatic nitrogens is 2. The Bertz CT molecular complexity index is 1510. The normalized spacial score (nSPS) is 15.9. The van der Waals surface area contributed by atoms with Gasteiger partial charge in [0.2, 0.25) is 5.91 Å². The van der Waals surface area contributed by atoms with Crippen LogP contribution in [0.2, 0.25) is 5.02 Å². The lowest BCUT2D eigenvalue weighted by atomic mass is 9.97. The van der Waals surface area contributed by atoms with Gasteiger partial charge < -0.3 is 10.6 Å². The Labute approximate surface area is 220 Å². The maximum absolute atomic E-state index is 14.7. The Balaban J connectivity index is 1.61. The zero-order valence-corrected chi connectivity index (χ0v) is 21.4. The number of likely N-dealkylation sites (N-methyl/N-ethyl adjacent to an activating group) is 1. The zero-order valence-electron chi connectivity index (χ0n) is 20.6. The molecule has 1 amide bonds. The molecule has 1 saturated heterocycles. The minimum atomic E-state index is -0.570. The molecule has 1 atom stereocenters. The first-order valence-corrected chi connectivity index (χ1v) is 12.5. The Morgan fingerprint density at radius 1 is 1.14 bits per heavy atom. The molecule has 6 nitrogen and oxygen atoms in total. The summed E-state index contributed by atoms with van der Waals surface area (Å²) in [5.41, 5.74) is 4.13. The van der Waals surface area contributed by atoms with Crippen LogP contribution in [0.5, 0.6) is 0 Å². The van der Waals surface area contributed by atoms with Gasteiger partial charge in [-0.15, -0.1) is 0 Å². The highest BCUT2D eigenvalue weighted by Gasteiger charge is 2.20. The standard InChI is InChI=1S/C29H27ClFN5O/c1-18-6-3-7-19(16-18)26-23(34-25(37)14-11-20-8-5-15-36(20)2)13-12-22-27(26)29(33-17-32-22)35-24-10-4-9-21(30)28(24)31/h3-4,6-7,9-14,16-17,20H,5,8,15H2,1-2H3,(H,34,37)(H,32,33,35). The first kappa shape index (κ1) is 24.9. The molecule has 0 bridgehead atoms. The van der Waals surface area contributed by atoms with Crippen LogP contribution < -0.4 is 10.6 Å². The van der Waals surface area contributed by atoms with E-state index in [1.54, 1.807) is 18.2 Å². The molecule has 0 aliphatic carbocycles. The molecule has 1 aliphatic heterocycles. The highest BCUT2D eigenvalue weighted by molar-refractivity contribution is 6.31. The van der Waals surface area contributed by atoms with Crippen molar-refractivity contribution in [3.05, 3.63) is 89.5 Å². The lowest BCUT2D eigenvalue weighted by molar-refractivity contribution is -0.111. The van der Waals surface area contributed by atoms with Crippen molar-refractivity contribution in [3.63, 3.8) is 0 Å². The summed E-state index contributed by atoms with van der Waals surface area (Å²) in [6, 6.07) is 16.6. The van der Waals surface area contributed by atoms with E-state index in [1.165, 1.54) is 12.4 Å². The van der Waals surface area contributed by atoms with Crippen LogP contribution >= 0.6 is 11.6 Å². The summed E-state index contributed by atoms with van der Waals surface area (Å²) in [6.45, 7) is 3.03. The van der Waals surface area contributed by atoms with Gasteiger partial charge in [-0.3, -0.25) is 9.69 Å². The van der Waals surface area contributed by atoms with Gasteiger partial charge in [-0.05, 0) is 63.2 Å². The number of carbonyl (C=O) groups excluding carboxylic acids is 1. The summed E-state index contributed by atoms with van der Waals surface area (Å²) in [6.07, 6.45) is 7.13. The van der Waals surface area contributed by atoms with Crippen LogP contribution in [0, 0.1) is 12.7 Å². The average Bonchev–Trinajstić information content (AvgIpc) is 3.30. The van der Waals surface area contributed by atoms with Gasteiger partial charge in [0.05, 0.1) is 21.6 Å². The number of likely N-dealkylation sites (tertiary alicyclic amines) is 1. The third-order valence-corrected chi connectivity index (χ3v) is 6.91. The van der Waals surface area contributed by atoms with Crippen molar-refractivity contribution in [2.75, 3.05) is 24.2 Å². The van der Waals surface area contributed by atoms with E-state index in [-0.39, 0.29) is 22.7 Å². The van der Waals surface area contributed by atoms with Gasteiger partial charge in [-0.2, -0.15) is 0 Å². The van der Waals surface area contributed by atoms with E-state index in [2.05, 4.69) is 32.5 Å². The van der Waals surface area contributed by atoms with Gasteiger partial charge in [0, 0.05) is 23.4 Å². The molecule has 5 rings (SSSR count). The molecule has 4 aromatic rings. The Morgan fingerprint density at radius 2 is 1.97 bits per heavy atom. The van der Waals surface area contributed by atoms with E-state index < -0.39 is 5.82 Å². The summed E-state index contributed by atoms with van der Waals surface area (Å²) >= 11 is 6.01. The predicted octanol–water partition coefficient (Wildman–Crippen LogP) is 6.73. The fraction of sp³-hybridized carbons (Fsp3) is 0.207. The number of fused-ring (bicyclic) bond motifs is 1. The minimum absolute atomic E-state index is 0.00918. The molecule has 37 heavy (non-hydrogen) atoms. The van der Waals surface area contributed by atoms with E-state index in [1.807, 2.05) is 49.4 Å². The fourth-order valence-corrected chi connectivity index (χ4v) is 4.91. The lowest BCUT2D eigenvalue weighted by Crippen LogP contribution is -2.23. The molecule has 0 saturated carbocycles. The number of nitrogens with one attached hydrogen (secondary N) is 2. The SMILES string of the molecule is Cc1cccc(-c2c(NC(=O)C=CC3CCCN3C)ccc3ncnc(Nc4cccc(Cl)c4F)c23)c1. The highest BCUT2D eigenvalue weighted by Crippen LogP contribution is 2.39. The summed E-state index contributed by atoms with van der Waals surface area (Å²) in [7, 11) is 2.07. The maximum Gasteiger partial charge on any atom is 0.248 e. The quantitative estimate of drug-likeness (QED) is 0.279. The smallest absolute Gasteiger partial charge is 0.248 e. The number of rotatable bonds is 6. The van der Waals surface area contributed by atoms with Crippen molar-refractivity contribution in [3.8, 4) is 11.1 Å². The molecule has 0 radical (unpaired) electrons. The molecular weight excluding hydrogens is 489 g/mol. The lowest BCUT2D eigenvalue weighted by Gasteiger charge is -2.17. The van der Waals surface area contributed by atoms with Crippen molar-refractivity contribution >= 4 is 45.6 Å². The van der Waals surface area contributed by atoms with Crippen molar-refractivity contribution < 1.29 is 9.18 Å². The second-order valence-electron chi connectivity index (χ2n) is 9.24. The predicted molar refractivity (Wildman–Crippen MR) is 148 cm³/mol. The number of amides is 1. The van der Waals surface area contributed by atoms with E-state index in [0.717, 1.165) is 36.1 Å². The first-order valence-electron chi connectivity index (χ1n) is 12.2. The van der Waals surface area contributed by atoms with E-state index in [9.17, 15) is 9.18 Å². The summed E-state index contributed by atoms with van der Waals surface area (Å²) in [5.74, 6) is -0.387. The van der Waals surface area contributed by atoms with Gasteiger partial charge >= 0.3 is 0 Å². The molecule has 1 aromatic heterocycles. The molecular formula is C29H27ClFN5O. The van der Waals surface area contributed by atoms with Crippen molar-refractivity contribution in [2.45, 2.75) is 25.8 Å². The third kappa shape index (κ3) is 5.33. The number of hydrogen-bond acceptors (Lipinski definition) is 5. The monoisotopic (exact) mass is 515 g/mol. The number of anilines is 3. The second kappa shape index (κ2) is 10.7. The number of hydrogen-bond donors (Lipinski definition) is 2. The Morgan fingerprint density at radius 3 is 2.76 bits per heavy atom. The molecule has 2 heterocycles. The van der Waals surface area contributed by atoms with Gasteiger partial charge in [-0.25, -0.2) is 14.4 Å². The van der Waals surface area contributed by atoms with Crippen LogP contribution in [0.3, 0.4) is 0 Å². The van der Waals surface area contributed by atoms with Crippen LogP contribution in [-0.2, 0) is 4.79 Å². The molecule has 0 spiro atoms. The molecule has 1 unspecified atom stereocenters. The van der Waals surface area contributed by atoms with Crippen molar-refractivity contribution in [1.29, 1.82) is 0 Å². The van der Waals surface area contributed by atoms with Gasteiger partial charge in [0.25, 0.3) is 0 Å². The fourth-order valence-electron chi connectivity index (χ4n) is 4.73. The molecule has 8 heteroatoms. The third-order valence-electron chi connectivity index (χ3n) is 6.62. The van der Waals surface area contributed by atoms with Crippen molar-refractivity contribution in [2.24, 2.45) is 0 Å².